The first-order valence-corrected chi connectivity index (χ1v) is 17.4. The summed E-state index contributed by atoms with van der Waals surface area (Å²) in [6, 6.07) is 3.02. The number of carbonyl (C=O) groups is 4. The first-order valence-electron chi connectivity index (χ1n) is 16.3. The van der Waals surface area contributed by atoms with Gasteiger partial charge in [0.25, 0.3) is 0 Å². The van der Waals surface area contributed by atoms with Gasteiger partial charge in [0.1, 0.15) is 30.1 Å². The number of aliphatic hydroxyl groups is 3. The number of phenols is 1. The molecular weight excluding hydrogens is 821 g/mol. The zero-order valence-electron chi connectivity index (χ0n) is 30.4. The van der Waals surface area contributed by atoms with Crippen LogP contribution in [0, 0.1) is 10.5 Å². The van der Waals surface area contributed by atoms with Crippen LogP contribution in [0.3, 0.4) is 0 Å². The molecule has 0 amide bonds. The molecule has 0 aliphatic rings. The number of halogens is 1. The molecule has 3 atom stereocenters. The van der Waals surface area contributed by atoms with E-state index in [9.17, 15) is 59.1 Å². The van der Waals surface area contributed by atoms with Gasteiger partial charge in [-0.2, -0.15) is 0 Å². The molecule has 0 saturated heterocycles. The van der Waals surface area contributed by atoms with E-state index < -0.39 is 116 Å². The van der Waals surface area contributed by atoms with Gasteiger partial charge in [0, 0.05) is 0 Å². The number of esters is 3. The Balaban J connectivity index is 2.32. The number of carboxylic acids is 1. The van der Waals surface area contributed by atoms with E-state index in [1.54, 1.807) is 26.8 Å². The molecule has 1 heterocycles. The molecule has 0 radical (unpaired) electrons. The molecule has 20 heteroatoms. The van der Waals surface area contributed by atoms with E-state index in [2.05, 4.69) is 0 Å². The van der Waals surface area contributed by atoms with E-state index in [0.717, 1.165) is 0 Å². The molecule has 53 heavy (non-hydrogen) atoms. The van der Waals surface area contributed by atoms with Crippen LogP contribution in [0.25, 0.3) is 0 Å². The topological polar surface area (TPSA) is 272 Å². The number of carbonyl (C=O) groups excluding carboxylic acids is 3. The number of aromatic nitrogens is 3. The molecule has 0 fully saturated rings. The fourth-order valence-corrected chi connectivity index (χ4v) is 5.16. The van der Waals surface area contributed by atoms with Crippen LogP contribution in [-0.4, -0.2) is 112 Å². The summed E-state index contributed by atoms with van der Waals surface area (Å²) in [5, 5.41) is 50.1. The maximum atomic E-state index is 13.4. The number of carboxylic acid groups (broad SMARTS) is 1. The highest BCUT2D eigenvalue weighted by atomic mass is 127. The van der Waals surface area contributed by atoms with E-state index in [1.807, 2.05) is 22.6 Å². The number of rotatable bonds is 19. The molecule has 5 N–H and O–H groups in total. The van der Waals surface area contributed by atoms with Gasteiger partial charge in [0.05, 0.1) is 60.5 Å². The second-order valence-electron chi connectivity index (χ2n) is 13.4. The van der Waals surface area contributed by atoms with Crippen molar-refractivity contribution in [3.05, 3.63) is 58.3 Å². The van der Waals surface area contributed by atoms with Gasteiger partial charge in [0.2, 0.25) is 0 Å². The van der Waals surface area contributed by atoms with Gasteiger partial charge >= 0.3 is 40.9 Å². The van der Waals surface area contributed by atoms with Gasteiger partial charge in [-0.15, -0.1) is 0 Å². The summed E-state index contributed by atoms with van der Waals surface area (Å²) in [5.74, 6) is -5.81. The minimum absolute atomic E-state index is 0.154. The van der Waals surface area contributed by atoms with Crippen molar-refractivity contribution in [3.8, 4) is 5.75 Å². The first kappa shape index (κ1) is 45.0. The number of aromatic hydroxyl groups is 1. The van der Waals surface area contributed by atoms with Crippen LogP contribution in [0.2, 0.25) is 0 Å². The van der Waals surface area contributed by atoms with Crippen LogP contribution < -0.4 is 17.1 Å². The van der Waals surface area contributed by atoms with Crippen molar-refractivity contribution >= 4 is 46.5 Å². The Labute approximate surface area is 316 Å². The highest BCUT2D eigenvalue weighted by Crippen LogP contribution is 2.27. The van der Waals surface area contributed by atoms with Gasteiger partial charge in [-0.1, -0.05) is 0 Å². The summed E-state index contributed by atoms with van der Waals surface area (Å²) in [6.07, 6.45) is -4.54. The number of benzene rings is 1. The summed E-state index contributed by atoms with van der Waals surface area (Å²) >= 11 is 1.83. The SMILES string of the molecule is Cc1cc(I)c(O)c(C(=O)OCCn2c(=O)n(CCOC(=O)CC(O)(CC(=O)OC(C)(C)C(C)O)C(=O)O)c(=O)n(CCOC(C)(C)C(C)O)c2=O)c1. The fourth-order valence-electron chi connectivity index (χ4n) is 4.38. The Morgan fingerprint density at radius 1 is 0.774 bits per heavy atom. The Morgan fingerprint density at radius 2 is 1.23 bits per heavy atom. The van der Waals surface area contributed by atoms with Crippen molar-refractivity contribution in [3.63, 3.8) is 0 Å². The van der Waals surface area contributed by atoms with Crippen LogP contribution in [0.1, 0.15) is 70.3 Å². The van der Waals surface area contributed by atoms with E-state index >= 15 is 0 Å². The molecule has 0 aliphatic carbocycles. The number of aryl methyl sites for hydroxylation is 1. The monoisotopic (exact) mass is 867 g/mol. The van der Waals surface area contributed by atoms with Gasteiger partial charge in [0.15, 0.2) is 5.60 Å². The van der Waals surface area contributed by atoms with E-state index in [0.29, 0.717) is 22.8 Å². The van der Waals surface area contributed by atoms with Crippen molar-refractivity contribution in [1.82, 2.24) is 13.7 Å². The lowest BCUT2D eigenvalue weighted by Gasteiger charge is -2.30. The maximum absolute atomic E-state index is 13.4. The van der Waals surface area contributed by atoms with Crippen LogP contribution in [0.4, 0.5) is 0 Å². The second-order valence-corrected chi connectivity index (χ2v) is 14.5. The average Bonchev–Trinajstić information content (AvgIpc) is 3.02. The summed E-state index contributed by atoms with van der Waals surface area (Å²) < 4.78 is 23.0. The molecule has 3 unspecified atom stereocenters. The van der Waals surface area contributed by atoms with Crippen molar-refractivity contribution in [2.24, 2.45) is 0 Å². The van der Waals surface area contributed by atoms with Crippen molar-refractivity contribution < 1.29 is 63.7 Å². The molecule has 296 valence electrons. The molecule has 0 spiro atoms. The van der Waals surface area contributed by atoms with Gasteiger partial charge in [-0.05, 0) is 88.8 Å². The molecule has 2 aromatic rings. The Hall–Kier alpha value is -4.12. The summed E-state index contributed by atoms with van der Waals surface area (Å²) in [6.45, 7) is 7.11. The first-order chi connectivity index (χ1) is 24.3. The molecule has 2 rings (SSSR count). The minimum atomic E-state index is -2.98. The Kier molecular flexibility index (Phi) is 15.5. The summed E-state index contributed by atoms with van der Waals surface area (Å²) in [4.78, 5) is 89.6. The fraction of sp³-hybridized carbons (Fsp3) is 0.606. The van der Waals surface area contributed by atoms with Crippen LogP contribution in [0.15, 0.2) is 26.5 Å². The molecule has 19 nitrogen and oxygen atoms in total. The third-order valence-corrected chi connectivity index (χ3v) is 9.21. The van der Waals surface area contributed by atoms with E-state index in [-0.39, 0.29) is 17.9 Å². The second kappa shape index (κ2) is 18.3. The summed E-state index contributed by atoms with van der Waals surface area (Å²) in [7, 11) is 0. The highest BCUT2D eigenvalue weighted by Gasteiger charge is 2.43. The number of nitrogens with zero attached hydrogens (tertiary/aromatic N) is 3. The van der Waals surface area contributed by atoms with Crippen LogP contribution in [0.5, 0.6) is 5.75 Å². The zero-order chi connectivity index (χ0) is 40.6. The van der Waals surface area contributed by atoms with Gasteiger partial charge in [-0.3, -0.25) is 9.59 Å². The molecular formula is C33H46IN3O16. The molecule has 0 bridgehead atoms. The number of phenolic OH excluding ortho intramolecular Hbond substituents is 1. The van der Waals surface area contributed by atoms with Gasteiger partial charge in [-0.25, -0.2) is 37.7 Å². The lowest BCUT2D eigenvalue weighted by atomic mass is 9.95. The third kappa shape index (κ3) is 11.9. The van der Waals surface area contributed by atoms with Crippen LogP contribution >= 0.6 is 22.6 Å². The van der Waals surface area contributed by atoms with Crippen molar-refractivity contribution in [2.75, 3.05) is 19.8 Å². The van der Waals surface area contributed by atoms with Gasteiger partial charge < -0.3 is 44.5 Å². The largest absolute Gasteiger partial charge is 0.506 e. The standard InChI is InChI=1S/C33H46IN3O16/c1-18-14-21(25(42)22(34)15-18)26(43)51-12-9-36-28(46)35(29(47)37(30(36)48)10-13-52-31(4,5)19(2)38)8-11-50-23(40)16-33(49,27(44)45)17-24(41)53-32(6,7)20(3)39/h14-15,19-20,38-39,42,49H,8-13,16-17H2,1-7H3,(H,44,45). The highest BCUT2D eigenvalue weighted by molar-refractivity contribution is 14.1. The number of hydrogen-bond acceptors (Lipinski definition) is 15. The predicted octanol–water partition coefficient (Wildman–Crippen LogP) is -0.335. The molecule has 0 aliphatic heterocycles. The lowest BCUT2D eigenvalue weighted by Crippen LogP contribution is -2.55. The molecule has 1 aromatic carbocycles. The third-order valence-electron chi connectivity index (χ3n) is 8.39. The van der Waals surface area contributed by atoms with E-state index in [4.69, 9.17) is 18.9 Å². The Morgan fingerprint density at radius 3 is 1.70 bits per heavy atom. The predicted molar refractivity (Wildman–Crippen MR) is 191 cm³/mol. The van der Waals surface area contributed by atoms with Crippen LogP contribution in [-0.2, 0) is 53.0 Å². The molecule has 1 aromatic heterocycles. The van der Waals surface area contributed by atoms with Crippen molar-refractivity contribution in [2.45, 2.75) is 110 Å². The normalized spacial score (nSPS) is 14.2. The number of hydrogen-bond donors (Lipinski definition) is 5. The quantitative estimate of drug-likeness (QED) is 0.0687. The summed E-state index contributed by atoms with van der Waals surface area (Å²) in [5.41, 5.74) is -8.45. The Bertz CT molecular complexity index is 1860. The molecule has 0 saturated carbocycles. The number of ether oxygens (including phenoxy) is 4. The minimum Gasteiger partial charge on any atom is -0.506 e. The van der Waals surface area contributed by atoms with Crippen molar-refractivity contribution in [1.29, 1.82) is 0 Å². The number of aliphatic hydroxyl groups excluding tert-OH is 2. The smallest absolute Gasteiger partial charge is 0.342 e. The average molecular weight is 868 g/mol. The number of aliphatic carboxylic acids is 1. The maximum Gasteiger partial charge on any atom is 0.342 e. The lowest BCUT2D eigenvalue weighted by molar-refractivity contribution is -0.181. The zero-order valence-corrected chi connectivity index (χ0v) is 32.6. The van der Waals surface area contributed by atoms with E-state index in [1.165, 1.54) is 33.8 Å².